The predicted octanol–water partition coefficient (Wildman–Crippen LogP) is 2.28. The fourth-order valence-corrected chi connectivity index (χ4v) is 1.91. The fourth-order valence-electron chi connectivity index (χ4n) is 1.91. The van der Waals surface area contributed by atoms with Gasteiger partial charge in [-0.2, -0.15) is 0 Å². The molecule has 1 heterocycles. The van der Waals surface area contributed by atoms with E-state index in [1.165, 1.54) is 11.1 Å². The van der Waals surface area contributed by atoms with Crippen molar-refractivity contribution < 1.29 is 0 Å². The smallest absolute Gasteiger partial charge is 0.0722 e. The summed E-state index contributed by atoms with van der Waals surface area (Å²) >= 11 is 0. The van der Waals surface area contributed by atoms with Crippen LogP contribution in [0.2, 0.25) is 0 Å². The highest BCUT2D eigenvalue weighted by molar-refractivity contribution is 5.82. The van der Waals surface area contributed by atoms with Gasteiger partial charge in [0.15, 0.2) is 0 Å². The monoisotopic (exact) mass is 229 g/mol. The molecule has 3 heteroatoms. The van der Waals surface area contributed by atoms with Gasteiger partial charge in [-0.25, -0.2) is 0 Å². The normalized spacial score (nSPS) is 10.7. The summed E-state index contributed by atoms with van der Waals surface area (Å²) in [6.07, 6.45) is 2.99. The summed E-state index contributed by atoms with van der Waals surface area (Å²) in [6.45, 7) is 2.11. The molecule has 2 rings (SSSR count). The summed E-state index contributed by atoms with van der Waals surface area (Å²) < 4.78 is 0. The molecule has 1 N–H and O–H groups in total. The van der Waals surface area contributed by atoms with E-state index in [9.17, 15) is 0 Å². The molecular weight excluding hydrogens is 210 g/mol. The van der Waals surface area contributed by atoms with E-state index in [1.807, 2.05) is 19.3 Å². The molecule has 1 aromatic heterocycles. The van der Waals surface area contributed by atoms with Crippen LogP contribution in [0, 0.1) is 0 Å². The van der Waals surface area contributed by atoms with Crippen LogP contribution in [0.1, 0.15) is 6.42 Å². The van der Waals surface area contributed by atoms with Crippen LogP contribution in [-0.2, 0) is 0 Å². The van der Waals surface area contributed by atoms with Crippen LogP contribution >= 0.6 is 0 Å². The lowest BCUT2D eigenvalue weighted by atomic mass is 10.2. The maximum absolute atomic E-state index is 4.38. The zero-order valence-corrected chi connectivity index (χ0v) is 10.5. The van der Waals surface area contributed by atoms with Crippen molar-refractivity contribution in [3.05, 3.63) is 36.5 Å². The SMILES string of the molecule is CNCCCN(C)c1ccc2cccnc2c1. The molecule has 1 aromatic carbocycles. The van der Waals surface area contributed by atoms with Crippen molar-refractivity contribution in [2.45, 2.75) is 6.42 Å². The number of nitrogens with one attached hydrogen (secondary N) is 1. The van der Waals surface area contributed by atoms with Gasteiger partial charge in [-0.1, -0.05) is 12.1 Å². The molecule has 0 saturated heterocycles. The van der Waals surface area contributed by atoms with Crippen molar-refractivity contribution >= 4 is 16.6 Å². The van der Waals surface area contributed by atoms with E-state index in [1.54, 1.807) is 0 Å². The Labute approximate surface area is 102 Å². The van der Waals surface area contributed by atoms with Gasteiger partial charge in [0, 0.05) is 30.9 Å². The van der Waals surface area contributed by atoms with Gasteiger partial charge in [-0.05, 0) is 38.2 Å². The standard InChI is InChI=1S/C14H19N3/c1-15-8-4-10-17(2)13-7-6-12-5-3-9-16-14(12)11-13/h3,5-7,9,11,15H,4,8,10H2,1-2H3. The summed E-state index contributed by atoms with van der Waals surface area (Å²) in [4.78, 5) is 6.65. The third kappa shape index (κ3) is 2.94. The molecule has 0 saturated carbocycles. The Bertz CT molecular complexity index is 482. The minimum absolute atomic E-state index is 1.05. The van der Waals surface area contributed by atoms with Crippen molar-refractivity contribution in [1.82, 2.24) is 10.3 Å². The molecule has 0 aliphatic carbocycles. The third-order valence-electron chi connectivity index (χ3n) is 2.95. The van der Waals surface area contributed by atoms with Gasteiger partial charge in [0.25, 0.3) is 0 Å². The Morgan fingerprint density at radius 3 is 3.00 bits per heavy atom. The highest BCUT2D eigenvalue weighted by Gasteiger charge is 2.02. The van der Waals surface area contributed by atoms with E-state index in [0.717, 1.165) is 25.0 Å². The Morgan fingerprint density at radius 1 is 1.29 bits per heavy atom. The van der Waals surface area contributed by atoms with Gasteiger partial charge < -0.3 is 10.2 Å². The molecular formula is C14H19N3. The summed E-state index contributed by atoms with van der Waals surface area (Å²) in [5, 5.41) is 4.36. The second kappa shape index (κ2) is 5.64. The minimum Gasteiger partial charge on any atom is -0.374 e. The van der Waals surface area contributed by atoms with Gasteiger partial charge in [-0.15, -0.1) is 0 Å². The maximum Gasteiger partial charge on any atom is 0.0722 e. The number of hydrogen-bond donors (Lipinski definition) is 1. The van der Waals surface area contributed by atoms with Crippen LogP contribution < -0.4 is 10.2 Å². The van der Waals surface area contributed by atoms with E-state index in [2.05, 4.69) is 46.5 Å². The van der Waals surface area contributed by atoms with Crippen LogP contribution in [0.25, 0.3) is 10.9 Å². The van der Waals surface area contributed by atoms with Crippen molar-refractivity contribution in [2.75, 3.05) is 32.1 Å². The Balaban J connectivity index is 2.12. The minimum atomic E-state index is 1.05. The Hall–Kier alpha value is -1.61. The first-order valence-corrected chi connectivity index (χ1v) is 6.02. The number of nitrogens with zero attached hydrogens (tertiary/aromatic N) is 2. The molecule has 2 aromatic rings. The van der Waals surface area contributed by atoms with Gasteiger partial charge in [-0.3, -0.25) is 4.98 Å². The number of anilines is 1. The molecule has 0 aliphatic rings. The molecule has 0 aliphatic heterocycles. The largest absolute Gasteiger partial charge is 0.374 e. The molecule has 0 atom stereocenters. The lowest BCUT2D eigenvalue weighted by Crippen LogP contribution is -2.22. The molecule has 90 valence electrons. The topological polar surface area (TPSA) is 28.2 Å². The van der Waals surface area contributed by atoms with Gasteiger partial charge >= 0.3 is 0 Å². The van der Waals surface area contributed by atoms with Gasteiger partial charge in [0.1, 0.15) is 0 Å². The van der Waals surface area contributed by atoms with Crippen molar-refractivity contribution in [3.8, 4) is 0 Å². The summed E-state index contributed by atoms with van der Waals surface area (Å²) in [7, 11) is 4.11. The third-order valence-corrected chi connectivity index (χ3v) is 2.95. The van der Waals surface area contributed by atoms with E-state index in [4.69, 9.17) is 0 Å². The molecule has 0 fully saturated rings. The maximum atomic E-state index is 4.38. The molecule has 0 spiro atoms. The van der Waals surface area contributed by atoms with Crippen LogP contribution in [0.3, 0.4) is 0 Å². The fraction of sp³-hybridized carbons (Fsp3) is 0.357. The molecule has 0 radical (unpaired) electrons. The van der Waals surface area contributed by atoms with E-state index in [0.29, 0.717) is 0 Å². The second-order valence-corrected chi connectivity index (χ2v) is 4.26. The summed E-state index contributed by atoms with van der Waals surface area (Å²) in [5.74, 6) is 0. The highest BCUT2D eigenvalue weighted by Crippen LogP contribution is 2.19. The Kier molecular flexibility index (Phi) is 3.94. The number of rotatable bonds is 5. The number of aromatic nitrogens is 1. The van der Waals surface area contributed by atoms with E-state index in [-0.39, 0.29) is 0 Å². The lowest BCUT2D eigenvalue weighted by molar-refractivity contribution is 0.713. The van der Waals surface area contributed by atoms with Crippen LogP contribution in [-0.4, -0.2) is 32.2 Å². The zero-order valence-electron chi connectivity index (χ0n) is 10.5. The lowest BCUT2D eigenvalue weighted by Gasteiger charge is -2.19. The van der Waals surface area contributed by atoms with E-state index >= 15 is 0 Å². The number of fused-ring (bicyclic) bond motifs is 1. The molecule has 0 bridgehead atoms. The zero-order chi connectivity index (χ0) is 12.1. The van der Waals surface area contributed by atoms with Crippen molar-refractivity contribution in [3.63, 3.8) is 0 Å². The number of hydrogen-bond acceptors (Lipinski definition) is 3. The first kappa shape index (κ1) is 11.9. The van der Waals surface area contributed by atoms with Crippen LogP contribution in [0.15, 0.2) is 36.5 Å². The quantitative estimate of drug-likeness (QED) is 0.797. The van der Waals surface area contributed by atoms with Crippen molar-refractivity contribution in [1.29, 1.82) is 0 Å². The number of benzene rings is 1. The first-order valence-electron chi connectivity index (χ1n) is 6.02. The summed E-state index contributed by atoms with van der Waals surface area (Å²) in [6, 6.07) is 10.5. The van der Waals surface area contributed by atoms with Crippen LogP contribution in [0.4, 0.5) is 5.69 Å². The average molecular weight is 229 g/mol. The predicted molar refractivity (Wildman–Crippen MR) is 73.6 cm³/mol. The molecule has 0 amide bonds. The first-order chi connectivity index (χ1) is 8.31. The molecule has 17 heavy (non-hydrogen) atoms. The van der Waals surface area contributed by atoms with Gasteiger partial charge in [0.05, 0.1) is 5.52 Å². The Morgan fingerprint density at radius 2 is 2.18 bits per heavy atom. The van der Waals surface area contributed by atoms with Crippen molar-refractivity contribution in [2.24, 2.45) is 0 Å². The summed E-state index contributed by atoms with van der Waals surface area (Å²) in [5.41, 5.74) is 2.29. The van der Waals surface area contributed by atoms with E-state index < -0.39 is 0 Å². The average Bonchev–Trinajstić information content (AvgIpc) is 2.38. The van der Waals surface area contributed by atoms with Gasteiger partial charge in [0.2, 0.25) is 0 Å². The molecule has 0 unspecified atom stereocenters. The number of pyridine rings is 1. The van der Waals surface area contributed by atoms with Crippen LogP contribution in [0.5, 0.6) is 0 Å². The second-order valence-electron chi connectivity index (χ2n) is 4.26. The highest BCUT2D eigenvalue weighted by atomic mass is 15.1. The molecule has 3 nitrogen and oxygen atoms in total.